The molecule has 2 aromatic rings. The van der Waals surface area contributed by atoms with Gasteiger partial charge in [-0.25, -0.2) is 4.98 Å². The van der Waals surface area contributed by atoms with Gasteiger partial charge < -0.3 is 14.9 Å². The van der Waals surface area contributed by atoms with Crippen LogP contribution in [0, 0.1) is 0 Å². The van der Waals surface area contributed by atoms with Crippen LogP contribution in [0.2, 0.25) is 0 Å². The Morgan fingerprint density at radius 1 is 1.33 bits per heavy atom. The van der Waals surface area contributed by atoms with Crippen LogP contribution in [0.3, 0.4) is 0 Å². The van der Waals surface area contributed by atoms with Gasteiger partial charge in [0.1, 0.15) is 11.3 Å². The molecular formula is C11H14N2O2. The summed E-state index contributed by atoms with van der Waals surface area (Å²) in [5.74, 6) is 0.816. The van der Waals surface area contributed by atoms with E-state index in [4.69, 9.17) is 14.9 Å². The Bertz CT molecular complexity index is 425. The highest BCUT2D eigenvalue weighted by molar-refractivity contribution is 5.73. The summed E-state index contributed by atoms with van der Waals surface area (Å²) in [5.41, 5.74) is 7.00. The first-order valence-corrected chi connectivity index (χ1v) is 5.06. The van der Waals surface area contributed by atoms with Gasteiger partial charge in [-0.1, -0.05) is 0 Å². The third-order valence-electron chi connectivity index (χ3n) is 2.17. The molecule has 0 fully saturated rings. The topological polar surface area (TPSA) is 61.3 Å². The molecule has 1 heterocycles. The van der Waals surface area contributed by atoms with E-state index in [1.807, 2.05) is 18.2 Å². The lowest BCUT2D eigenvalue weighted by atomic mass is 10.3. The summed E-state index contributed by atoms with van der Waals surface area (Å²) in [6.45, 7) is 1.40. The molecule has 15 heavy (non-hydrogen) atoms. The number of hydrogen-bond donors (Lipinski definition) is 1. The summed E-state index contributed by atoms with van der Waals surface area (Å²) in [6, 6.07) is 5.63. The number of fused-ring (bicyclic) bond motifs is 1. The van der Waals surface area contributed by atoms with E-state index in [2.05, 4.69) is 4.98 Å². The molecule has 4 heteroatoms. The Morgan fingerprint density at radius 2 is 2.27 bits per heavy atom. The van der Waals surface area contributed by atoms with E-state index in [1.54, 1.807) is 0 Å². The standard InChI is InChI=1S/C11H14N2O2/c12-5-1-2-6-14-9-3-4-10-11(7-9)15-8-13-10/h3-4,7-8H,1-2,5-6,12H2. The zero-order valence-electron chi connectivity index (χ0n) is 8.48. The predicted molar refractivity (Wildman–Crippen MR) is 57.8 cm³/mol. The van der Waals surface area contributed by atoms with Crippen molar-refractivity contribution >= 4 is 11.1 Å². The van der Waals surface area contributed by atoms with Gasteiger partial charge in [0.05, 0.1) is 6.61 Å². The molecular weight excluding hydrogens is 192 g/mol. The second kappa shape index (κ2) is 4.79. The van der Waals surface area contributed by atoms with Crippen molar-refractivity contribution in [2.24, 2.45) is 5.73 Å². The van der Waals surface area contributed by atoms with Crippen LogP contribution in [0.15, 0.2) is 29.0 Å². The van der Waals surface area contributed by atoms with Crippen molar-refractivity contribution in [3.8, 4) is 5.75 Å². The minimum absolute atomic E-state index is 0.691. The SMILES string of the molecule is NCCCCOc1ccc2ncoc2c1. The van der Waals surface area contributed by atoms with Crippen molar-refractivity contribution in [1.82, 2.24) is 4.98 Å². The van der Waals surface area contributed by atoms with Gasteiger partial charge in [0, 0.05) is 6.07 Å². The van der Waals surface area contributed by atoms with Crippen molar-refractivity contribution in [2.75, 3.05) is 13.2 Å². The lowest BCUT2D eigenvalue weighted by Gasteiger charge is -2.04. The Kier molecular flexibility index (Phi) is 3.19. The van der Waals surface area contributed by atoms with Crippen molar-refractivity contribution in [2.45, 2.75) is 12.8 Å². The fraction of sp³-hybridized carbons (Fsp3) is 0.364. The van der Waals surface area contributed by atoms with E-state index in [9.17, 15) is 0 Å². The molecule has 1 aromatic heterocycles. The monoisotopic (exact) mass is 206 g/mol. The number of nitrogens with zero attached hydrogens (tertiary/aromatic N) is 1. The number of hydrogen-bond acceptors (Lipinski definition) is 4. The van der Waals surface area contributed by atoms with E-state index in [0.29, 0.717) is 13.2 Å². The van der Waals surface area contributed by atoms with Crippen molar-refractivity contribution in [1.29, 1.82) is 0 Å². The minimum atomic E-state index is 0.691. The quantitative estimate of drug-likeness (QED) is 0.759. The van der Waals surface area contributed by atoms with Gasteiger partial charge in [0.25, 0.3) is 0 Å². The summed E-state index contributed by atoms with van der Waals surface area (Å²) in [7, 11) is 0. The summed E-state index contributed by atoms with van der Waals surface area (Å²) in [6.07, 6.45) is 3.40. The van der Waals surface area contributed by atoms with Gasteiger partial charge in [-0.15, -0.1) is 0 Å². The smallest absolute Gasteiger partial charge is 0.181 e. The summed E-state index contributed by atoms with van der Waals surface area (Å²) >= 11 is 0. The van der Waals surface area contributed by atoms with E-state index in [1.165, 1.54) is 6.39 Å². The summed E-state index contributed by atoms with van der Waals surface area (Å²) < 4.78 is 10.7. The zero-order valence-corrected chi connectivity index (χ0v) is 8.48. The van der Waals surface area contributed by atoms with Crippen LogP contribution >= 0.6 is 0 Å². The van der Waals surface area contributed by atoms with E-state index in [0.717, 1.165) is 29.7 Å². The lowest BCUT2D eigenvalue weighted by Crippen LogP contribution is -2.03. The Labute approximate surface area is 88.0 Å². The molecule has 0 aliphatic rings. The first-order valence-electron chi connectivity index (χ1n) is 5.06. The summed E-state index contributed by atoms with van der Waals surface area (Å²) in [4.78, 5) is 4.03. The molecule has 0 radical (unpaired) electrons. The number of ether oxygens (including phenoxy) is 1. The highest BCUT2D eigenvalue weighted by Crippen LogP contribution is 2.19. The van der Waals surface area contributed by atoms with E-state index >= 15 is 0 Å². The van der Waals surface area contributed by atoms with Crippen LogP contribution in [0.5, 0.6) is 5.75 Å². The van der Waals surface area contributed by atoms with Crippen molar-refractivity contribution in [3.05, 3.63) is 24.6 Å². The fourth-order valence-electron chi connectivity index (χ4n) is 1.36. The molecule has 0 saturated heterocycles. The van der Waals surface area contributed by atoms with E-state index < -0.39 is 0 Å². The molecule has 0 saturated carbocycles. The molecule has 0 aliphatic carbocycles. The number of oxazole rings is 1. The Morgan fingerprint density at radius 3 is 3.13 bits per heavy atom. The zero-order chi connectivity index (χ0) is 10.5. The average molecular weight is 206 g/mol. The molecule has 1 aromatic carbocycles. The molecule has 0 amide bonds. The predicted octanol–water partition coefficient (Wildman–Crippen LogP) is 1.95. The first kappa shape index (κ1) is 9.98. The molecule has 0 bridgehead atoms. The maximum Gasteiger partial charge on any atom is 0.181 e. The van der Waals surface area contributed by atoms with Crippen LogP contribution in [-0.2, 0) is 0 Å². The van der Waals surface area contributed by atoms with Gasteiger partial charge in [-0.05, 0) is 31.5 Å². The van der Waals surface area contributed by atoms with E-state index in [-0.39, 0.29) is 0 Å². The van der Waals surface area contributed by atoms with Crippen LogP contribution in [0.1, 0.15) is 12.8 Å². The van der Waals surface area contributed by atoms with Crippen LogP contribution in [0.25, 0.3) is 11.1 Å². The fourth-order valence-corrected chi connectivity index (χ4v) is 1.36. The van der Waals surface area contributed by atoms with Gasteiger partial charge in [0.2, 0.25) is 0 Å². The maximum atomic E-state index is 5.54. The highest BCUT2D eigenvalue weighted by Gasteiger charge is 2.00. The molecule has 0 unspecified atom stereocenters. The van der Waals surface area contributed by atoms with Gasteiger partial charge in [0.15, 0.2) is 12.0 Å². The third-order valence-corrected chi connectivity index (χ3v) is 2.17. The van der Waals surface area contributed by atoms with Crippen LogP contribution in [-0.4, -0.2) is 18.1 Å². The highest BCUT2D eigenvalue weighted by atomic mass is 16.5. The maximum absolute atomic E-state index is 5.54. The molecule has 0 aliphatic heterocycles. The van der Waals surface area contributed by atoms with Crippen LogP contribution in [0.4, 0.5) is 0 Å². The molecule has 2 N–H and O–H groups in total. The number of unbranched alkanes of at least 4 members (excludes halogenated alkanes) is 1. The molecule has 0 atom stereocenters. The Balaban J connectivity index is 1.96. The third kappa shape index (κ3) is 2.47. The molecule has 2 rings (SSSR count). The number of benzene rings is 1. The van der Waals surface area contributed by atoms with Crippen molar-refractivity contribution < 1.29 is 9.15 Å². The van der Waals surface area contributed by atoms with Crippen molar-refractivity contribution in [3.63, 3.8) is 0 Å². The minimum Gasteiger partial charge on any atom is -0.493 e. The molecule has 80 valence electrons. The molecule has 4 nitrogen and oxygen atoms in total. The average Bonchev–Trinajstić information content (AvgIpc) is 2.71. The number of aromatic nitrogens is 1. The van der Waals surface area contributed by atoms with Gasteiger partial charge in [-0.2, -0.15) is 0 Å². The number of nitrogens with two attached hydrogens (primary N) is 1. The molecule has 0 spiro atoms. The normalized spacial score (nSPS) is 10.7. The van der Waals surface area contributed by atoms with Crippen LogP contribution < -0.4 is 10.5 Å². The second-order valence-electron chi connectivity index (χ2n) is 3.33. The largest absolute Gasteiger partial charge is 0.493 e. The lowest BCUT2D eigenvalue weighted by molar-refractivity contribution is 0.308. The summed E-state index contributed by atoms with van der Waals surface area (Å²) in [5, 5.41) is 0. The Hall–Kier alpha value is -1.55. The van der Waals surface area contributed by atoms with Gasteiger partial charge in [-0.3, -0.25) is 0 Å². The number of rotatable bonds is 5. The second-order valence-corrected chi connectivity index (χ2v) is 3.33. The first-order chi connectivity index (χ1) is 7.40. The van der Waals surface area contributed by atoms with Gasteiger partial charge >= 0.3 is 0 Å².